The van der Waals surface area contributed by atoms with Crippen molar-refractivity contribution in [2.75, 3.05) is 5.33 Å². The summed E-state index contributed by atoms with van der Waals surface area (Å²) in [5, 5.41) is 10.00. The summed E-state index contributed by atoms with van der Waals surface area (Å²) in [6.45, 7) is 3.35. The summed E-state index contributed by atoms with van der Waals surface area (Å²) in [7, 11) is 0. The fraction of sp³-hybridized carbons (Fsp3) is 0.857. The van der Waals surface area contributed by atoms with Crippen LogP contribution in [0, 0.1) is 0 Å². The van der Waals surface area contributed by atoms with E-state index in [-0.39, 0.29) is 12.2 Å². The molecule has 0 aromatic heterocycles. The lowest BCUT2D eigenvalue weighted by Gasteiger charge is -2.22. The van der Waals surface area contributed by atoms with Gasteiger partial charge >= 0.3 is 0 Å². The molecule has 0 aliphatic carbocycles. The van der Waals surface area contributed by atoms with Gasteiger partial charge in [-0.1, -0.05) is 22.9 Å². The molecule has 2 nitrogen and oxygen atoms in total. The number of halogens is 1. The third-order valence-corrected chi connectivity index (χ3v) is 2.53. The molecular formula is C7H13BrO2. The monoisotopic (exact) mass is 208 g/mol. The summed E-state index contributed by atoms with van der Waals surface area (Å²) < 4.78 is 0. The van der Waals surface area contributed by atoms with Crippen LogP contribution in [0.5, 0.6) is 0 Å². The summed E-state index contributed by atoms with van der Waals surface area (Å²) in [5.41, 5.74) is -0.828. The molecule has 0 spiro atoms. The molecule has 0 rings (SSSR count). The fourth-order valence-electron chi connectivity index (χ4n) is 0.730. The maximum absolute atomic E-state index is 10.6. The van der Waals surface area contributed by atoms with Crippen LogP contribution in [0.15, 0.2) is 0 Å². The van der Waals surface area contributed by atoms with E-state index in [1.807, 2.05) is 6.92 Å². The van der Waals surface area contributed by atoms with E-state index in [9.17, 15) is 9.90 Å². The van der Waals surface area contributed by atoms with Crippen LogP contribution in [0.3, 0.4) is 0 Å². The molecular weight excluding hydrogens is 196 g/mol. The molecule has 1 atom stereocenters. The van der Waals surface area contributed by atoms with Crippen LogP contribution in [0.4, 0.5) is 0 Å². The summed E-state index contributed by atoms with van der Waals surface area (Å²) in [6, 6.07) is 0. The Labute approximate surface area is 69.8 Å². The highest BCUT2D eigenvalue weighted by atomic mass is 79.9. The number of hydrogen-bond donors (Lipinski definition) is 1. The Morgan fingerprint density at radius 2 is 2.20 bits per heavy atom. The Hall–Kier alpha value is 0.110. The molecule has 0 amide bonds. The minimum absolute atomic E-state index is 0.0313. The molecule has 0 aliphatic rings. The molecule has 1 unspecified atom stereocenters. The first-order valence-electron chi connectivity index (χ1n) is 3.32. The average Bonchev–Trinajstić information content (AvgIpc) is 1.87. The van der Waals surface area contributed by atoms with E-state index in [0.717, 1.165) is 0 Å². The van der Waals surface area contributed by atoms with E-state index in [0.29, 0.717) is 11.8 Å². The molecule has 3 heteroatoms. The van der Waals surface area contributed by atoms with Crippen molar-refractivity contribution in [1.29, 1.82) is 0 Å². The lowest BCUT2D eigenvalue weighted by atomic mass is 9.97. The van der Waals surface area contributed by atoms with E-state index >= 15 is 0 Å². The van der Waals surface area contributed by atoms with Crippen molar-refractivity contribution in [2.45, 2.75) is 32.3 Å². The highest BCUT2D eigenvalue weighted by Gasteiger charge is 2.24. The third kappa shape index (κ3) is 3.32. The molecule has 1 N–H and O–H groups in total. The van der Waals surface area contributed by atoms with Crippen LogP contribution in [-0.4, -0.2) is 21.8 Å². The largest absolute Gasteiger partial charge is 0.389 e. The molecule has 0 saturated heterocycles. The summed E-state index contributed by atoms with van der Waals surface area (Å²) in [5.74, 6) is 0.0313. The van der Waals surface area contributed by atoms with Gasteiger partial charge in [-0.25, -0.2) is 0 Å². The van der Waals surface area contributed by atoms with Gasteiger partial charge in [-0.3, -0.25) is 4.79 Å². The number of ketones is 1. The van der Waals surface area contributed by atoms with Gasteiger partial charge in [0.2, 0.25) is 0 Å². The molecule has 0 fully saturated rings. The van der Waals surface area contributed by atoms with Gasteiger partial charge < -0.3 is 5.11 Å². The van der Waals surface area contributed by atoms with Crippen molar-refractivity contribution in [3.05, 3.63) is 0 Å². The van der Waals surface area contributed by atoms with E-state index in [2.05, 4.69) is 15.9 Å². The van der Waals surface area contributed by atoms with Crippen LogP contribution < -0.4 is 0 Å². The van der Waals surface area contributed by atoms with Gasteiger partial charge in [-0.2, -0.15) is 0 Å². The molecule has 0 heterocycles. The number of aliphatic hydroxyl groups is 1. The predicted molar refractivity (Wildman–Crippen MR) is 44.3 cm³/mol. The lowest BCUT2D eigenvalue weighted by molar-refractivity contribution is -0.121. The molecule has 0 bridgehead atoms. The van der Waals surface area contributed by atoms with Gasteiger partial charge in [0.05, 0.1) is 5.60 Å². The number of rotatable bonds is 4. The highest BCUT2D eigenvalue weighted by Crippen LogP contribution is 2.17. The van der Waals surface area contributed by atoms with E-state index < -0.39 is 5.60 Å². The lowest BCUT2D eigenvalue weighted by Crippen LogP contribution is -2.31. The van der Waals surface area contributed by atoms with Crippen molar-refractivity contribution in [2.24, 2.45) is 0 Å². The Bertz CT molecular complexity index is 119. The fourth-order valence-corrected chi connectivity index (χ4v) is 1.32. The van der Waals surface area contributed by atoms with Gasteiger partial charge in [-0.15, -0.1) is 0 Å². The van der Waals surface area contributed by atoms with Crippen molar-refractivity contribution < 1.29 is 9.90 Å². The third-order valence-electron chi connectivity index (χ3n) is 1.48. The summed E-state index contributed by atoms with van der Waals surface area (Å²) in [6.07, 6.45) is 0.854. The first kappa shape index (κ1) is 10.1. The normalized spacial score (nSPS) is 16.4. The molecule has 60 valence electrons. The van der Waals surface area contributed by atoms with E-state index in [1.165, 1.54) is 6.92 Å². The Morgan fingerprint density at radius 1 is 1.70 bits per heavy atom. The van der Waals surface area contributed by atoms with Crippen LogP contribution in [0.1, 0.15) is 26.7 Å². The van der Waals surface area contributed by atoms with Crippen LogP contribution in [-0.2, 0) is 4.79 Å². The zero-order valence-corrected chi connectivity index (χ0v) is 7.94. The second kappa shape index (κ2) is 4.09. The smallest absolute Gasteiger partial charge is 0.132 e. The second-order valence-electron chi connectivity index (χ2n) is 2.59. The molecule has 0 aliphatic heterocycles. The average molecular weight is 209 g/mol. The number of carbonyl (C=O) groups is 1. The predicted octanol–water partition coefficient (Wildman–Crippen LogP) is 1.50. The molecule has 0 radical (unpaired) electrons. The van der Waals surface area contributed by atoms with E-state index in [4.69, 9.17) is 0 Å². The first-order valence-corrected chi connectivity index (χ1v) is 4.44. The molecule has 0 aromatic carbocycles. The minimum atomic E-state index is -0.828. The Morgan fingerprint density at radius 3 is 2.30 bits per heavy atom. The SMILES string of the molecule is CCC(O)(CBr)CC(C)=O. The van der Waals surface area contributed by atoms with Crippen molar-refractivity contribution in [3.63, 3.8) is 0 Å². The van der Waals surface area contributed by atoms with Gasteiger partial charge in [0.1, 0.15) is 5.78 Å². The van der Waals surface area contributed by atoms with Crippen molar-refractivity contribution in [1.82, 2.24) is 0 Å². The van der Waals surface area contributed by atoms with Crippen LogP contribution >= 0.6 is 15.9 Å². The van der Waals surface area contributed by atoms with E-state index in [1.54, 1.807) is 0 Å². The molecule has 10 heavy (non-hydrogen) atoms. The Balaban J connectivity index is 3.92. The zero-order chi connectivity index (χ0) is 8.20. The quantitative estimate of drug-likeness (QED) is 0.712. The second-order valence-corrected chi connectivity index (χ2v) is 3.15. The molecule has 0 aromatic rings. The Kier molecular flexibility index (Phi) is 4.13. The standard InChI is InChI=1S/C7H13BrO2/c1-3-7(10,5-8)4-6(2)9/h10H,3-5H2,1-2H3. The van der Waals surface area contributed by atoms with Crippen molar-refractivity contribution >= 4 is 21.7 Å². The molecule has 0 saturated carbocycles. The summed E-state index contributed by atoms with van der Waals surface area (Å²) >= 11 is 3.16. The van der Waals surface area contributed by atoms with Gasteiger partial charge in [0.25, 0.3) is 0 Å². The van der Waals surface area contributed by atoms with Crippen molar-refractivity contribution in [3.8, 4) is 0 Å². The summed E-state index contributed by atoms with van der Waals surface area (Å²) in [4.78, 5) is 10.6. The number of carbonyl (C=O) groups excluding carboxylic acids is 1. The maximum Gasteiger partial charge on any atom is 0.132 e. The van der Waals surface area contributed by atoms with Gasteiger partial charge in [0.15, 0.2) is 0 Å². The topological polar surface area (TPSA) is 37.3 Å². The minimum Gasteiger partial charge on any atom is -0.389 e. The van der Waals surface area contributed by atoms with Crippen LogP contribution in [0.25, 0.3) is 0 Å². The zero-order valence-electron chi connectivity index (χ0n) is 6.35. The van der Waals surface area contributed by atoms with Crippen LogP contribution in [0.2, 0.25) is 0 Å². The maximum atomic E-state index is 10.6. The number of hydrogen-bond acceptors (Lipinski definition) is 2. The first-order chi connectivity index (χ1) is 4.54. The number of alkyl halides is 1. The highest BCUT2D eigenvalue weighted by molar-refractivity contribution is 9.09. The van der Waals surface area contributed by atoms with Gasteiger partial charge in [-0.05, 0) is 13.3 Å². The van der Waals surface area contributed by atoms with Gasteiger partial charge in [0, 0.05) is 11.8 Å². The number of Topliss-reactive ketones (excluding diaryl/α,β-unsaturated/α-hetero) is 1.